The summed E-state index contributed by atoms with van der Waals surface area (Å²) in [6, 6.07) is 0. The summed E-state index contributed by atoms with van der Waals surface area (Å²) in [5, 5.41) is 0. The van der Waals surface area contributed by atoms with Crippen LogP contribution in [0, 0.1) is 47.3 Å². The van der Waals surface area contributed by atoms with Crippen molar-refractivity contribution in [1.29, 1.82) is 0 Å². The molecule has 27 heavy (non-hydrogen) atoms. The van der Waals surface area contributed by atoms with E-state index in [1.165, 1.54) is 38.5 Å². The van der Waals surface area contributed by atoms with E-state index >= 15 is 0 Å². The molecule has 4 rings (SSSR count). The van der Waals surface area contributed by atoms with Gasteiger partial charge in [0.25, 0.3) is 0 Å². The molecule has 0 amide bonds. The van der Waals surface area contributed by atoms with Crippen LogP contribution in [0.5, 0.6) is 0 Å². The summed E-state index contributed by atoms with van der Waals surface area (Å²) in [6.45, 7) is 7.65. The van der Waals surface area contributed by atoms with Crippen molar-refractivity contribution in [2.75, 3.05) is 13.7 Å². The minimum atomic E-state index is -0.165. The Labute approximate surface area is 165 Å². The quantitative estimate of drug-likeness (QED) is 0.553. The van der Waals surface area contributed by atoms with Gasteiger partial charge < -0.3 is 9.47 Å². The van der Waals surface area contributed by atoms with Crippen LogP contribution in [-0.2, 0) is 14.3 Å². The van der Waals surface area contributed by atoms with E-state index in [0.29, 0.717) is 17.8 Å². The Kier molecular flexibility index (Phi) is 5.62. The van der Waals surface area contributed by atoms with Gasteiger partial charge in [-0.25, -0.2) is 0 Å². The monoisotopic (exact) mass is 376 g/mol. The van der Waals surface area contributed by atoms with E-state index in [4.69, 9.17) is 9.47 Å². The van der Waals surface area contributed by atoms with Crippen molar-refractivity contribution in [3.05, 3.63) is 0 Å². The Morgan fingerprint density at radius 3 is 2.15 bits per heavy atom. The van der Waals surface area contributed by atoms with E-state index in [2.05, 4.69) is 20.8 Å². The predicted molar refractivity (Wildman–Crippen MR) is 107 cm³/mol. The highest BCUT2D eigenvalue weighted by molar-refractivity contribution is 5.74. The smallest absolute Gasteiger partial charge is 0.310 e. The maximum atomic E-state index is 13.5. The Bertz CT molecular complexity index is 538. The first-order valence-electron chi connectivity index (χ1n) is 11.8. The average Bonchev–Trinajstić information content (AvgIpc) is 3.42. The molecule has 4 fully saturated rings. The van der Waals surface area contributed by atoms with Gasteiger partial charge in [-0.3, -0.25) is 4.79 Å². The summed E-state index contributed by atoms with van der Waals surface area (Å²) in [7, 11) is 1.80. The normalized spacial score (nSPS) is 44.6. The highest BCUT2D eigenvalue weighted by Crippen LogP contribution is 2.67. The van der Waals surface area contributed by atoms with E-state index in [0.717, 1.165) is 49.5 Å². The van der Waals surface area contributed by atoms with Gasteiger partial charge in [-0.05, 0) is 86.4 Å². The molecule has 0 N–H and O–H groups in total. The predicted octanol–water partition coefficient (Wildman–Crippen LogP) is 5.47. The second-order valence-electron chi connectivity index (χ2n) is 10.1. The van der Waals surface area contributed by atoms with Crippen LogP contribution in [0.3, 0.4) is 0 Å². The van der Waals surface area contributed by atoms with E-state index in [1.807, 2.05) is 0 Å². The third-order valence-corrected chi connectivity index (χ3v) is 9.30. The topological polar surface area (TPSA) is 35.5 Å². The lowest BCUT2D eigenvalue weighted by Crippen LogP contribution is -2.44. The second-order valence-corrected chi connectivity index (χ2v) is 10.1. The molecule has 0 aromatic rings. The number of methoxy groups -OCH3 is 1. The van der Waals surface area contributed by atoms with Gasteiger partial charge in [0.1, 0.15) is 5.60 Å². The summed E-state index contributed by atoms with van der Waals surface area (Å²) < 4.78 is 12.0. The Morgan fingerprint density at radius 2 is 1.59 bits per heavy atom. The van der Waals surface area contributed by atoms with Crippen LogP contribution >= 0.6 is 0 Å². The van der Waals surface area contributed by atoms with Crippen molar-refractivity contribution in [2.24, 2.45) is 47.3 Å². The molecule has 0 radical (unpaired) electrons. The third-order valence-electron chi connectivity index (χ3n) is 9.30. The standard InChI is InChI=1S/C24H40O3/c1-5-15-12-16(6-2)21-18-13-17(20(15)21)19(14-26-4)22(18)23(25)27-24(7-3)10-8-9-11-24/h15-22H,5-14H2,1-4H3. The first-order valence-corrected chi connectivity index (χ1v) is 11.8. The van der Waals surface area contributed by atoms with Crippen molar-refractivity contribution in [1.82, 2.24) is 0 Å². The Hall–Kier alpha value is -0.570. The van der Waals surface area contributed by atoms with E-state index in [1.54, 1.807) is 7.11 Å². The minimum Gasteiger partial charge on any atom is -0.459 e. The van der Waals surface area contributed by atoms with Crippen molar-refractivity contribution >= 4 is 5.97 Å². The van der Waals surface area contributed by atoms with Crippen LogP contribution in [0.2, 0.25) is 0 Å². The molecule has 0 saturated heterocycles. The van der Waals surface area contributed by atoms with E-state index in [9.17, 15) is 4.79 Å². The largest absolute Gasteiger partial charge is 0.459 e. The maximum Gasteiger partial charge on any atom is 0.310 e. The van der Waals surface area contributed by atoms with E-state index in [-0.39, 0.29) is 17.5 Å². The molecular weight excluding hydrogens is 336 g/mol. The van der Waals surface area contributed by atoms with Crippen LogP contribution in [0.25, 0.3) is 0 Å². The number of carbonyl (C=O) groups is 1. The molecule has 3 heteroatoms. The molecule has 2 bridgehead atoms. The molecule has 0 spiro atoms. The van der Waals surface area contributed by atoms with Crippen molar-refractivity contribution in [2.45, 2.75) is 84.2 Å². The Morgan fingerprint density at radius 1 is 0.963 bits per heavy atom. The number of fused-ring (bicyclic) bond motifs is 5. The maximum absolute atomic E-state index is 13.5. The van der Waals surface area contributed by atoms with Gasteiger partial charge in [-0.15, -0.1) is 0 Å². The zero-order valence-corrected chi connectivity index (χ0v) is 17.9. The molecule has 8 atom stereocenters. The molecule has 0 aromatic carbocycles. The average molecular weight is 377 g/mol. The molecule has 4 aliphatic rings. The summed E-state index contributed by atoms with van der Waals surface area (Å²) in [4.78, 5) is 13.5. The first-order chi connectivity index (χ1) is 13.1. The molecule has 0 aliphatic heterocycles. The molecule has 3 nitrogen and oxygen atoms in total. The number of hydrogen-bond acceptors (Lipinski definition) is 3. The molecule has 4 aliphatic carbocycles. The SMILES string of the molecule is CCC1CC(CC)C2C3CC(C(COC)C3C(=O)OC3(CC)CCCC3)C12. The molecule has 0 heterocycles. The lowest BCUT2D eigenvalue weighted by Gasteiger charge is -2.41. The van der Waals surface area contributed by atoms with Gasteiger partial charge in [0, 0.05) is 7.11 Å². The first kappa shape index (κ1) is 19.7. The van der Waals surface area contributed by atoms with Gasteiger partial charge in [0.15, 0.2) is 0 Å². The number of rotatable bonds is 7. The highest BCUT2D eigenvalue weighted by Gasteiger charge is 2.65. The van der Waals surface area contributed by atoms with Gasteiger partial charge in [-0.1, -0.05) is 33.6 Å². The van der Waals surface area contributed by atoms with Crippen molar-refractivity contribution in [3.8, 4) is 0 Å². The molecule has 154 valence electrons. The summed E-state index contributed by atoms with van der Waals surface area (Å²) >= 11 is 0. The van der Waals surface area contributed by atoms with Crippen LogP contribution in [0.4, 0.5) is 0 Å². The number of esters is 1. The van der Waals surface area contributed by atoms with Crippen LogP contribution in [0.1, 0.15) is 78.6 Å². The fourth-order valence-corrected chi connectivity index (χ4v) is 8.14. The van der Waals surface area contributed by atoms with Gasteiger partial charge in [0.2, 0.25) is 0 Å². The number of hydrogen-bond donors (Lipinski definition) is 0. The third kappa shape index (κ3) is 3.07. The summed E-state index contributed by atoms with van der Waals surface area (Å²) in [5.74, 6) is 5.10. The molecule has 4 saturated carbocycles. The fourth-order valence-electron chi connectivity index (χ4n) is 8.14. The fraction of sp³-hybridized carbons (Fsp3) is 0.958. The Balaban J connectivity index is 1.58. The van der Waals surface area contributed by atoms with Crippen LogP contribution in [-0.4, -0.2) is 25.3 Å². The lowest BCUT2D eigenvalue weighted by atomic mass is 9.66. The highest BCUT2D eigenvalue weighted by atomic mass is 16.6. The van der Waals surface area contributed by atoms with Crippen LogP contribution in [0.15, 0.2) is 0 Å². The molecular formula is C24H40O3. The zero-order chi connectivity index (χ0) is 19.2. The van der Waals surface area contributed by atoms with Crippen molar-refractivity contribution < 1.29 is 14.3 Å². The van der Waals surface area contributed by atoms with Gasteiger partial charge in [-0.2, -0.15) is 0 Å². The van der Waals surface area contributed by atoms with Crippen molar-refractivity contribution in [3.63, 3.8) is 0 Å². The summed E-state index contributed by atoms with van der Waals surface area (Å²) in [5.41, 5.74) is -0.165. The van der Waals surface area contributed by atoms with Crippen LogP contribution < -0.4 is 0 Å². The lowest BCUT2D eigenvalue weighted by molar-refractivity contribution is -0.172. The zero-order valence-electron chi connectivity index (χ0n) is 17.9. The summed E-state index contributed by atoms with van der Waals surface area (Å²) in [6.07, 6.45) is 10.7. The number of ether oxygens (including phenoxy) is 2. The van der Waals surface area contributed by atoms with E-state index < -0.39 is 0 Å². The number of carbonyl (C=O) groups excluding carboxylic acids is 1. The molecule has 8 unspecified atom stereocenters. The van der Waals surface area contributed by atoms with Gasteiger partial charge >= 0.3 is 5.97 Å². The van der Waals surface area contributed by atoms with Gasteiger partial charge in [0.05, 0.1) is 12.5 Å². The minimum absolute atomic E-state index is 0.0879. The second kappa shape index (κ2) is 7.69. The molecule has 0 aromatic heterocycles.